The van der Waals surface area contributed by atoms with Crippen molar-refractivity contribution in [3.05, 3.63) is 11.9 Å². The number of H-pyrrole nitrogens is 1. The van der Waals surface area contributed by atoms with Crippen molar-refractivity contribution in [1.82, 2.24) is 20.8 Å². The average molecular weight is 265 g/mol. The number of rotatable bonds is 3. The van der Waals surface area contributed by atoms with Crippen molar-refractivity contribution < 1.29 is 4.74 Å². The summed E-state index contributed by atoms with van der Waals surface area (Å²) in [5.74, 6) is 6.21. The number of hydrogen-bond acceptors (Lipinski definition) is 5. The number of ether oxygens (including phenoxy) is 1. The topological polar surface area (TPSA) is 88.8 Å². The molecular formula is C13H23N5O. The molecule has 19 heavy (non-hydrogen) atoms. The van der Waals surface area contributed by atoms with Crippen molar-refractivity contribution >= 4 is 0 Å². The van der Waals surface area contributed by atoms with Gasteiger partial charge in [0.1, 0.15) is 5.69 Å². The predicted molar refractivity (Wildman–Crippen MR) is 70.9 cm³/mol. The summed E-state index contributed by atoms with van der Waals surface area (Å²) in [5.41, 5.74) is 3.92. The van der Waals surface area contributed by atoms with Gasteiger partial charge in [0.05, 0.1) is 17.8 Å². The van der Waals surface area contributed by atoms with Crippen molar-refractivity contribution in [2.45, 2.75) is 56.6 Å². The van der Waals surface area contributed by atoms with E-state index in [2.05, 4.69) is 20.8 Å². The normalized spacial score (nSPS) is 28.4. The molecule has 1 aliphatic carbocycles. The molecule has 2 atom stereocenters. The molecule has 2 unspecified atom stereocenters. The molecule has 0 bridgehead atoms. The highest BCUT2D eigenvalue weighted by atomic mass is 16.5. The lowest BCUT2D eigenvalue weighted by Crippen LogP contribution is -2.46. The Morgan fingerprint density at radius 3 is 2.95 bits per heavy atom. The first kappa shape index (κ1) is 13.0. The zero-order valence-electron chi connectivity index (χ0n) is 11.3. The third kappa shape index (κ3) is 2.66. The lowest BCUT2D eigenvalue weighted by Gasteiger charge is -2.45. The maximum absolute atomic E-state index is 6.14. The van der Waals surface area contributed by atoms with Gasteiger partial charge in [-0.2, -0.15) is 15.4 Å². The highest BCUT2D eigenvalue weighted by Gasteiger charge is 2.41. The van der Waals surface area contributed by atoms with Crippen LogP contribution in [0.4, 0.5) is 0 Å². The monoisotopic (exact) mass is 265 g/mol. The van der Waals surface area contributed by atoms with Gasteiger partial charge in [0, 0.05) is 6.61 Å². The van der Waals surface area contributed by atoms with Crippen LogP contribution in [0.3, 0.4) is 0 Å². The fraction of sp³-hybridized carbons (Fsp3) is 0.846. The minimum Gasteiger partial charge on any atom is -0.375 e. The van der Waals surface area contributed by atoms with Gasteiger partial charge in [-0.1, -0.05) is 19.3 Å². The molecule has 2 heterocycles. The van der Waals surface area contributed by atoms with Gasteiger partial charge < -0.3 is 4.74 Å². The molecule has 3 rings (SSSR count). The fourth-order valence-electron chi connectivity index (χ4n) is 3.72. The average Bonchev–Trinajstić information content (AvgIpc) is 2.95. The molecule has 2 fully saturated rings. The smallest absolute Gasteiger partial charge is 0.101 e. The van der Waals surface area contributed by atoms with Crippen molar-refractivity contribution in [2.24, 2.45) is 11.8 Å². The molecule has 6 nitrogen and oxygen atoms in total. The zero-order chi connectivity index (χ0) is 13.1. The van der Waals surface area contributed by atoms with Gasteiger partial charge in [0.2, 0.25) is 0 Å². The summed E-state index contributed by atoms with van der Waals surface area (Å²) in [6, 6.07) is 0.0708. The second kappa shape index (κ2) is 5.56. The fourth-order valence-corrected chi connectivity index (χ4v) is 3.72. The molecule has 106 valence electrons. The number of hydrazine groups is 1. The molecule has 1 aromatic rings. The van der Waals surface area contributed by atoms with Crippen LogP contribution in [0.2, 0.25) is 0 Å². The van der Waals surface area contributed by atoms with E-state index in [1.165, 1.54) is 32.1 Å². The largest absolute Gasteiger partial charge is 0.375 e. The van der Waals surface area contributed by atoms with Gasteiger partial charge in [-0.3, -0.25) is 11.3 Å². The highest BCUT2D eigenvalue weighted by molar-refractivity contribution is 5.04. The van der Waals surface area contributed by atoms with E-state index < -0.39 is 0 Å². The third-order valence-electron chi connectivity index (χ3n) is 4.70. The van der Waals surface area contributed by atoms with Crippen LogP contribution in [-0.2, 0) is 4.74 Å². The van der Waals surface area contributed by atoms with Gasteiger partial charge >= 0.3 is 0 Å². The van der Waals surface area contributed by atoms with E-state index in [0.717, 1.165) is 25.1 Å². The molecule has 1 aliphatic heterocycles. The molecular weight excluding hydrogens is 242 g/mol. The summed E-state index contributed by atoms with van der Waals surface area (Å²) in [5, 5.41) is 10.7. The summed E-state index contributed by atoms with van der Waals surface area (Å²) >= 11 is 0. The van der Waals surface area contributed by atoms with Crippen molar-refractivity contribution in [1.29, 1.82) is 0 Å². The van der Waals surface area contributed by atoms with Gasteiger partial charge in [0.15, 0.2) is 0 Å². The number of aromatic amines is 1. The van der Waals surface area contributed by atoms with Crippen LogP contribution in [-0.4, -0.2) is 27.6 Å². The van der Waals surface area contributed by atoms with E-state index in [0.29, 0.717) is 5.92 Å². The molecule has 1 aromatic heterocycles. The SMILES string of the molecule is NNC(c1cn[nH]n1)C1CCOC2(CCCCC2)C1. The summed E-state index contributed by atoms with van der Waals surface area (Å²) in [6.07, 6.45) is 10.2. The number of nitrogens with one attached hydrogen (secondary N) is 2. The molecule has 4 N–H and O–H groups in total. The Morgan fingerprint density at radius 1 is 1.42 bits per heavy atom. The second-order valence-corrected chi connectivity index (χ2v) is 5.88. The molecule has 0 aromatic carbocycles. The van der Waals surface area contributed by atoms with Gasteiger partial charge in [0.25, 0.3) is 0 Å². The molecule has 1 saturated carbocycles. The van der Waals surface area contributed by atoms with Crippen molar-refractivity contribution in [3.63, 3.8) is 0 Å². The van der Waals surface area contributed by atoms with Crippen LogP contribution in [0.25, 0.3) is 0 Å². The number of aromatic nitrogens is 3. The van der Waals surface area contributed by atoms with E-state index in [-0.39, 0.29) is 11.6 Å². The summed E-state index contributed by atoms with van der Waals surface area (Å²) in [6.45, 7) is 0.834. The summed E-state index contributed by atoms with van der Waals surface area (Å²) in [7, 11) is 0. The van der Waals surface area contributed by atoms with Crippen LogP contribution in [0.15, 0.2) is 6.20 Å². The van der Waals surface area contributed by atoms with Gasteiger partial charge in [-0.05, 0) is 31.6 Å². The Balaban J connectivity index is 1.73. The van der Waals surface area contributed by atoms with Gasteiger partial charge in [-0.15, -0.1) is 0 Å². The molecule has 6 heteroatoms. The number of hydrogen-bond donors (Lipinski definition) is 3. The molecule has 1 saturated heterocycles. The van der Waals surface area contributed by atoms with E-state index >= 15 is 0 Å². The quantitative estimate of drug-likeness (QED) is 0.568. The Hall–Kier alpha value is -0.980. The number of nitrogens with zero attached hydrogens (tertiary/aromatic N) is 2. The first-order chi connectivity index (χ1) is 9.33. The predicted octanol–water partition coefficient (Wildman–Crippen LogP) is 1.44. The maximum Gasteiger partial charge on any atom is 0.101 e. The Morgan fingerprint density at radius 2 is 2.26 bits per heavy atom. The van der Waals surface area contributed by atoms with Crippen LogP contribution in [0.5, 0.6) is 0 Å². The minimum atomic E-state index is 0.0708. The number of nitrogens with two attached hydrogens (primary N) is 1. The third-order valence-corrected chi connectivity index (χ3v) is 4.70. The van der Waals surface area contributed by atoms with Crippen molar-refractivity contribution in [3.8, 4) is 0 Å². The van der Waals surface area contributed by atoms with E-state index in [4.69, 9.17) is 10.6 Å². The summed E-state index contributed by atoms with van der Waals surface area (Å²) in [4.78, 5) is 0. The lowest BCUT2D eigenvalue weighted by atomic mass is 9.74. The Labute approximate surface area is 113 Å². The van der Waals surface area contributed by atoms with E-state index in [9.17, 15) is 0 Å². The summed E-state index contributed by atoms with van der Waals surface area (Å²) < 4.78 is 6.14. The first-order valence-electron chi connectivity index (χ1n) is 7.29. The van der Waals surface area contributed by atoms with Crippen molar-refractivity contribution in [2.75, 3.05) is 6.61 Å². The van der Waals surface area contributed by atoms with Crippen LogP contribution in [0, 0.1) is 5.92 Å². The van der Waals surface area contributed by atoms with Crippen LogP contribution in [0.1, 0.15) is 56.7 Å². The minimum absolute atomic E-state index is 0.0708. The highest BCUT2D eigenvalue weighted by Crippen LogP contribution is 2.43. The van der Waals surface area contributed by atoms with Crippen LogP contribution >= 0.6 is 0 Å². The van der Waals surface area contributed by atoms with Crippen LogP contribution < -0.4 is 11.3 Å². The molecule has 0 radical (unpaired) electrons. The molecule has 2 aliphatic rings. The molecule has 1 spiro atoms. The standard InChI is InChI=1S/C13H23N5O/c14-16-12(11-9-15-18-17-11)10-4-7-19-13(8-10)5-2-1-3-6-13/h9-10,12,16H,1-8,14H2,(H,15,17,18). The maximum atomic E-state index is 6.14. The van der Waals surface area contributed by atoms with Gasteiger partial charge in [-0.25, -0.2) is 0 Å². The van der Waals surface area contributed by atoms with E-state index in [1.54, 1.807) is 6.20 Å². The molecule has 0 amide bonds. The first-order valence-corrected chi connectivity index (χ1v) is 7.29. The van der Waals surface area contributed by atoms with E-state index in [1.807, 2.05) is 0 Å². The lowest BCUT2D eigenvalue weighted by molar-refractivity contribution is -0.122. The Kier molecular flexibility index (Phi) is 3.81. The Bertz CT molecular complexity index is 382. The zero-order valence-corrected chi connectivity index (χ0v) is 11.3. The second-order valence-electron chi connectivity index (χ2n) is 5.88.